The average Bonchev–Trinajstić information content (AvgIpc) is 2.26. The number of amides is 1. The van der Waals surface area contributed by atoms with Crippen LogP contribution in [0.25, 0.3) is 0 Å². The van der Waals surface area contributed by atoms with E-state index < -0.39 is 12.3 Å². The Kier molecular flexibility index (Phi) is 9.03. The van der Waals surface area contributed by atoms with Crippen molar-refractivity contribution < 1.29 is 23.0 Å². The lowest BCUT2D eigenvalue weighted by atomic mass is 10.4. The van der Waals surface area contributed by atoms with Gasteiger partial charge in [0.25, 0.3) is 5.91 Å². The summed E-state index contributed by atoms with van der Waals surface area (Å²) in [6.07, 6.45) is -2.97. The Morgan fingerprint density at radius 2 is 1.56 bits per heavy atom. The summed E-state index contributed by atoms with van der Waals surface area (Å²) in [6.45, 7) is 5.49. The topological polar surface area (TPSA) is 38.8 Å². The van der Waals surface area contributed by atoms with Crippen LogP contribution in [0.4, 0.5) is 8.78 Å². The molecule has 0 rings (SSSR count). The molecule has 0 fully saturated rings. The number of halogens is 2. The fourth-order valence-electron chi connectivity index (χ4n) is 1.11. The molecule has 0 aliphatic heterocycles. The molecule has 0 N–H and O–H groups in total. The molecule has 0 aromatic heterocycles. The van der Waals surface area contributed by atoms with Gasteiger partial charge in [-0.25, -0.2) is 0 Å². The quantitative estimate of drug-likeness (QED) is 0.567. The first-order chi connectivity index (χ1) is 7.63. The van der Waals surface area contributed by atoms with Gasteiger partial charge >= 0.3 is 6.43 Å². The molecule has 0 saturated heterocycles. The van der Waals surface area contributed by atoms with E-state index in [4.69, 9.17) is 9.47 Å². The molecule has 0 aromatic carbocycles. The third-order valence-electron chi connectivity index (χ3n) is 1.92. The molecule has 0 aromatic rings. The maximum Gasteiger partial charge on any atom is 0.315 e. The van der Waals surface area contributed by atoms with Crippen LogP contribution in [0.5, 0.6) is 0 Å². The van der Waals surface area contributed by atoms with E-state index in [9.17, 15) is 13.6 Å². The van der Waals surface area contributed by atoms with Gasteiger partial charge in [-0.2, -0.15) is 8.78 Å². The van der Waals surface area contributed by atoms with Crippen LogP contribution in [0.15, 0.2) is 0 Å². The molecule has 1 amide bonds. The smallest absolute Gasteiger partial charge is 0.315 e. The first kappa shape index (κ1) is 15.2. The highest BCUT2D eigenvalue weighted by Gasteiger charge is 2.22. The summed E-state index contributed by atoms with van der Waals surface area (Å²) in [7, 11) is 0. The predicted molar refractivity (Wildman–Crippen MR) is 55.6 cm³/mol. The van der Waals surface area contributed by atoms with Crippen LogP contribution in [0.2, 0.25) is 0 Å². The second kappa shape index (κ2) is 9.47. The Bertz CT molecular complexity index is 181. The van der Waals surface area contributed by atoms with Gasteiger partial charge in [-0.1, -0.05) is 0 Å². The van der Waals surface area contributed by atoms with Crippen molar-refractivity contribution in [2.24, 2.45) is 0 Å². The number of hydrogen-bond acceptors (Lipinski definition) is 3. The number of alkyl halides is 2. The Balaban J connectivity index is 4.00. The first-order valence-corrected chi connectivity index (χ1v) is 5.35. The lowest BCUT2D eigenvalue weighted by molar-refractivity contribution is -0.144. The van der Waals surface area contributed by atoms with E-state index in [2.05, 4.69) is 0 Å². The third kappa shape index (κ3) is 6.68. The Morgan fingerprint density at radius 1 is 1.12 bits per heavy atom. The second-order valence-corrected chi connectivity index (χ2v) is 3.02. The summed E-state index contributed by atoms with van der Waals surface area (Å²) in [6, 6.07) is 0. The molecule has 0 radical (unpaired) electrons. The van der Waals surface area contributed by atoms with Crippen LogP contribution in [-0.2, 0) is 14.3 Å². The monoisotopic (exact) mass is 239 g/mol. The number of nitrogens with zero attached hydrogens (tertiary/aromatic N) is 1. The summed E-state index contributed by atoms with van der Waals surface area (Å²) in [5.74, 6) is -1.17. The van der Waals surface area contributed by atoms with E-state index >= 15 is 0 Å². The van der Waals surface area contributed by atoms with Crippen molar-refractivity contribution in [1.82, 2.24) is 4.90 Å². The highest BCUT2D eigenvalue weighted by atomic mass is 19.3. The number of hydrogen-bond donors (Lipinski definition) is 0. The molecule has 0 unspecified atom stereocenters. The van der Waals surface area contributed by atoms with Gasteiger partial charge in [-0.05, 0) is 13.8 Å². The molecule has 0 aliphatic carbocycles. The van der Waals surface area contributed by atoms with E-state index in [1.807, 2.05) is 0 Å². The van der Waals surface area contributed by atoms with Crippen molar-refractivity contribution in [3.63, 3.8) is 0 Å². The van der Waals surface area contributed by atoms with Gasteiger partial charge in [0.2, 0.25) is 0 Å². The van der Waals surface area contributed by atoms with Crippen LogP contribution in [-0.4, -0.2) is 56.7 Å². The van der Waals surface area contributed by atoms with Crippen LogP contribution < -0.4 is 0 Å². The molecule has 0 atom stereocenters. The molecule has 16 heavy (non-hydrogen) atoms. The summed E-state index contributed by atoms with van der Waals surface area (Å²) in [5.41, 5.74) is 0. The minimum absolute atomic E-state index is 0.171. The van der Waals surface area contributed by atoms with Crippen molar-refractivity contribution in [2.75, 3.05) is 39.5 Å². The fourth-order valence-corrected chi connectivity index (χ4v) is 1.11. The molecular formula is C10H19F2NO3. The molecule has 96 valence electrons. The van der Waals surface area contributed by atoms with Crippen LogP contribution in [0, 0.1) is 0 Å². The molecule has 6 heteroatoms. The maximum absolute atomic E-state index is 12.2. The van der Waals surface area contributed by atoms with E-state index in [-0.39, 0.29) is 26.3 Å². The predicted octanol–water partition coefficient (Wildman–Crippen LogP) is 1.15. The molecule has 0 bridgehead atoms. The zero-order chi connectivity index (χ0) is 12.4. The van der Waals surface area contributed by atoms with E-state index in [0.29, 0.717) is 13.2 Å². The van der Waals surface area contributed by atoms with Crippen molar-refractivity contribution >= 4 is 5.91 Å². The summed E-state index contributed by atoms with van der Waals surface area (Å²) in [4.78, 5) is 12.2. The van der Waals surface area contributed by atoms with Gasteiger partial charge in [0.05, 0.1) is 13.2 Å². The molecule has 0 saturated carbocycles. The van der Waals surface area contributed by atoms with Crippen molar-refractivity contribution in [3.05, 3.63) is 0 Å². The summed E-state index contributed by atoms with van der Waals surface area (Å²) < 4.78 is 34.5. The molecule has 0 aliphatic rings. The van der Waals surface area contributed by atoms with Gasteiger partial charge in [0.15, 0.2) is 0 Å². The number of ether oxygens (including phenoxy) is 2. The van der Waals surface area contributed by atoms with Crippen LogP contribution in [0.1, 0.15) is 13.8 Å². The van der Waals surface area contributed by atoms with E-state index in [0.717, 1.165) is 4.90 Å². The third-order valence-corrected chi connectivity index (χ3v) is 1.92. The molecule has 0 spiro atoms. The zero-order valence-electron chi connectivity index (χ0n) is 9.75. The Morgan fingerprint density at radius 3 is 1.88 bits per heavy atom. The minimum atomic E-state index is -2.97. The molecular weight excluding hydrogens is 220 g/mol. The van der Waals surface area contributed by atoms with Gasteiger partial charge in [0.1, 0.15) is 0 Å². The first-order valence-electron chi connectivity index (χ1n) is 5.35. The van der Waals surface area contributed by atoms with Gasteiger partial charge in [-0.15, -0.1) is 0 Å². The molecule has 0 heterocycles. The number of carbonyl (C=O) groups is 1. The standard InChI is InChI=1S/C10H19F2NO3/c1-3-15-7-5-13(6-8-16-4-2)10(14)9(11)12/h9H,3-8H2,1-2H3. The van der Waals surface area contributed by atoms with Crippen molar-refractivity contribution in [2.45, 2.75) is 20.3 Å². The maximum atomic E-state index is 12.2. The number of carbonyl (C=O) groups excluding carboxylic acids is 1. The van der Waals surface area contributed by atoms with Gasteiger partial charge in [-0.3, -0.25) is 4.79 Å². The SMILES string of the molecule is CCOCCN(CCOCC)C(=O)C(F)F. The Hall–Kier alpha value is -0.750. The lowest BCUT2D eigenvalue weighted by Crippen LogP contribution is -2.40. The Labute approximate surface area is 94.5 Å². The summed E-state index contributed by atoms with van der Waals surface area (Å²) in [5, 5.41) is 0. The van der Waals surface area contributed by atoms with Crippen molar-refractivity contribution in [1.29, 1.82) is 0 Å². The highest BCUT2D eigenvalue weighted by molar-refractivity contribution is 5.79. The van der Waals surface area contributed by atoms with Gasteiger partial charge < -0.3 is 14.4 Å². The zero-order valence-corrected chi connectivity index (χ0v) is 9.75. The van der Waals surface area contributed by atoms with E-state index in [1.165, 1.54) is 0 Å². The van der Waals surface area contributed by atoms with Crippen molar-refractivity contribution in [3.8, 4) is 0 Å². The molecule has 4 nitrogen and oxygen atoms in total. The summed E-state index contributed by atoms with van der Waals surface area (Å²) >= 11 is 0. The lowest BCUT2D eigenvalue weighted by Gasteiger charge is -2.21. The largest absolute Gasteiger partial charge is 0.380 e. The van der Waals surface area contributed by atoms with Crippen LogP contribution >= 0.6 is 0 Å². The van der Waals surface area contributed by atoms with Gasteiger partial charge in [0, 0.05) is 26.3 Å². The normalized spacial score (nSPS) is 10.8. The number of rotatable bonds is 9. The van der Waals surface area contributed by atoms with E-state index in [1.54, 1.807) is 13.8 Å². The minimum Gasteiger partial charge on any atom is -0.380 e. The highest BCUT2D eigenvalue weighted by Crippen LogP contribution is 2.01. The fraction of sp³-hybridized carbons (Fsp3) is 0.900. The average molecular weight is 239 g/mol. The second-order valence-electron chi connectivity index (χ2n) is 3.02. The van der Waals surface area contributed by atoms with Crippen LogP contribution in [0.3, 0.4) is 0 Å².